The van der Waals surface area contributed by atoms with Gasteiger partial charge >= 0.3 is 0 Å². The fourth-order valence-electron chi connectivity index (χ4n) is 1.99. The molecule has 15 heavy (non-hydrogen) atoms. The number of nitrogens with zero attached hydrogens (tertiary/aromatic N) is 1. The van der Waals surface area contributed by atoms with Gasteiger partial charge in [0.25, 0.3) is 0 Å². The van der Waals surface area contributed by atoms with E-state index >= 15 is 0 Å². The Morgan fingerprint density at radius 3 is 2.20 bits per heavy atom. The summed E-state index contributed by atoms with van der Waals surface area (Å²) in [5.41, 5.74) is -0.630. The molecule has 1 unspecified atom stereocenters. The lowest BCUT2D eigenvalue weighted by Crippen LogP contribution is -2.33. The molecule has 1 atom stereocenters. The summed E-state index contributed by atoms with van der Waals surface area (Å²) >= 11 is 0. The summed E-state index contributed by atoms with van der Waals surface area (Å²) in [6.07, 6.45) is 2.88. The van der Waals surface area contributed by atoms with Crippen molar-refractivity contribution in [3.63, 3.8) is 0 Å². The molecule has 3 heteroatoms. The van der Waals surface area contributed by atoms with Crippen molar-refractivity contribution < 1.29 is 4.74 Å². The Labute approximate surface area is 93.6 Å². The number of nitroso groups, excluding NO2 is 1. The van der Waals surface area contributed by atoms with E-state index in [0.29, 0.717) is 6.42 Å². The Morgan fingerprint density at radius 1 is 1.27 bits per heavy atom. The van der Waals surface area contributed by atoms with Crippen molar-refractivity contribution in [3.05, 3.63) is 4.91 Å². The maximum Gasteiger partial charge on any atom is 0.0995 e. The van der Waals surface area contributed by atoms with Crippen LogP contribution in [-0.4, -0.2) is 17.2 Å². The molecule has 0 radical (unpaired) electrons. The predicted molar refractivity (Wildman–Crippen MR) is 64.0 cm³/mol. The van der Waals surface area contributed by atoms with Crippen molar-refractivity contribution >= 4 is 0 Å². The van der Waals surface area contributed by atoms with E-state index < -0.39 is 5.54 Å². The molecule has 0 amide bonds. The van der Waals surface area contributed by atoms with Crippen molar-refractivity contribution in [1.82, 2.24) is 0 Å². The lowest BCUT2D eigenvalue weighted by atomic mass is 9.97. The van der Waals surface area contributed by atoms with Gasteiger partial charge in [0.1, 0.15) is 0 Å². The molecule has 0 aliphatic carbocycles. The summed E-state index contributed by atoms with van der Waals surface area (Å²) in [6.45, 7) is 12.0. The Bertz CT molecular complexity index is 200. The van der Waals surface area contributed by atoms with Crippen LogP contribution in [-0.2, 0) is 4.74 Å². The van der Waals surface area contributed by atoms with Crippen LogP contribution in [0.3, 0.4) is 0 Å². The largest absolute Gasteiger partial charge is 0.373 e. The van der Waals surface area contributed by atoms with Crippen molar-refractivity contribution in [2.24, 2.45) is 5.18 Å². The van der Waals surface area contributed by atoms with Gasteiger partial charge in [0.15, 0.2) is 0 Å². The standard InChI is InChI=1S/C12H25NO2/c1-7-8-12(5,6)15-10(2)9-11(3,4)13-14/h10H,7-9H2,1-6H3. The first kappa shape index (κ1) is 14.6. The molecular formula is C12H25NO2. The van der Waals surface area contributed by atoms with Gasteiger partial charge in [0, 0.05) is 6.42 Å². The molecule has 0 fully saturated rings. The topological polar surface area (TPSA) is 38.7 Å². The quantitative estimate of drug-likeness (QED) is 0.604. The van der Waals surface area contributed by atoms with E-state index in [2.05, 4.69) is 25.9 Å². The Morgan fingerprint density at radius 2 is 1.80 bits per heavy atom. The highest BCUT2D eigenvalue weighted by Crippen LogP contribution is 2.24. The molecule has 0 saturated heterocycles. The molecule has 0 aromatic carbocycles. The first-order valence-electron chi connectivity index (χ1n) is 5.75. The van der Waals surface area contributed by atoms with E-state index in [1.165, 1.54) is 0 Å². The third kappa shape index (κ3) is 6.61. The molecule has 0 aromatic rings. The van der Waals surface area contributed by atoms with Crippen LogP contribution in [0.2, 0.25) is 0 Å². The van der Waals surface area contributed by atoms with Gasteiger partial charge in [-0.3, -0.25) is 0 Å². The molecule has 0 rings (SSSR count). The van der Waals surface area contributed by atoms with Gasteiger partial charge in [0.05, 0.1) is 17.2 Å². The van der Waals surface area contributed by atoms with Crippen LogP contribution < -0.4 is 0 Å². The zero-order valence-electron chi connectivity index (χ0n) is 11.0. The third-order valence-corrected chi connectivity index (χ3v) is 2.41. The maximum atomic E-state index is 10.5. The zero-order valence-corrected chi connectivity index (χ0v) is 11.0. The van der Waals surface area contributed by atoms with Gasteiger partial charge in [-0.05, 0) is 41.0 Å². The van der Waals surface area contributed by atoms with Crippen LogP contribution in [0, 0.1) is 4.91 Å². The predicted octanol–water partition coefficient (Wildman–Crippen LogP) is 3.91. The van der Waals surface area contributed by atoms with Crippen LogP contribution in [0.4, 0.5) is 0 Å². The summed E-state index contributed by atoms with van der Waals surface area (Å²) < 4.78 is 5.92. The fourth-order valence-corrected chi connectivity index (χ4v) is 1.99. The summed E-state index contributed by atoms with van der Waals surface area (Å²) in [5.74, 6) is 0. The molecule has 0 aliphatic rings. The zero-order chi connectivity index (χ0) is 12.1. The van der Waals surface area contributed by atoms with Crippen LogP contribution in [0.5, 0.6) is 0 Å². The fraction of sp³-hybridized carbons (Fsp3) is 1.00. The average Bonchev–Trinajstić information content (AvgIpc) is 2.01. The maximum absolute atomic E-state index is 10.5. The van der Waals surface area contributed by atoms with Crippen molar-refractivity contribution in [3.8, 4) is 0 Å². The normalized spacial score (nSPS) is 15.1. The molecule has 0 aromatic heterocycles. The smallest absolute Gasteiger partial charge is 0.0995 e. The van der Waals surface area contributed by atoms with Gasteiger partial charge in [-0.2, -0.15) is 4.91 Å². The second kappa shape index (κ2) is 5.59. The lowest BCUT2D eigenvalue weighted by molar-refractivity contribution is -0.0764. The lowest BCUT2D eigenvalue weighted by Gasteiger charge is -2.31. The van der Waals surface area contributed by atoms with Gasteiger partial charge in [0.2, 0.25) is 0 Å². The second-order valence-corrected chi connectivity index (χ2v) is 5.55. The highest BCUT2D eigenvalue weighted by Gasteiger charge is 2.26. The average molecular weight is 215 g/mol. The monoisotopic (exact) mass is 215 g/mol. The summed E-state index contributed by atoms with van der Waals surface area (Å²) in [7, 11) is 0. The van der Waals surface area contributed by atoms with E-state index in [-0.39, 0.29) is 11.7 Å². The Hall–Kier alpha value is -0.440. The van der Waals surface area contributed by atoms with Crippen LogP contribution in [0.1, 0.15) is 60.8 Å². The van der Waals surface area contributed by atoms with Crippen molar-refractivity contribution in [2.75, 3.05) is 0 Å². The first-order valence-corrected chi connectivity index (χ1v) is 5.75. The van der Waals surface area contributed by atoms with Gasteiger partial charge in [-0.1, -0.05) is 18.5 Å². The molecule has 0 bridgehead atoms. The molecule has 90 valence electrons. The van der Waals surface area contributed by atoms with E-state index in [9.17, 15) is 4.91 Å². The number of ether oxygens (including phenoxy) is 1. The SMILES string of the molecule is CCCC(C)(C)OC(C)CC(C)(C)N=O. The van der Waals surface area contributed by atoms with Crippen LogP contribution in [0.25, 0.3) is 0 Å². The van der Waals surface area contributed by atoms with Gasteiger partial charge in [-0.25, -0.2) is 0 Å². The summed E-state index contributed by atoms with van der Waals surface area (Å²) in [6, 6.07) is 0. The van der Waals surface area contributed by atoms with E-state index in [4.69, 9.17) is 4.74 Å². The highest BCUT2D eigenvalue weighted by molar-refractivity contribution is 4.81. The first-order chi connectivity index (χ1) is 6.72. The van der Waals surface area contributed by atoms with E-state index in [1.807, 2.05) is 20.8 Å². The molecule has 0 aliphatic heterocycles. The second-order valence-electron chi connectivity index (χ2n) is 5.55. The molecule has 3 nitrogen and oxygen atoms in total. The number of hydrogen-bond donors (Lipinski definition) is 0. The number of hydrogen-bond acceptors (Lipinski definition) is 3. The molecule has 0 N–H and O–H groups in total. The van der Waals surface area contributed by atoms with E-state index in [0.717, 1.165) is 12.8 Å². The van der Waals surface area contributed by atoms with E-state index in [1.54, 1.807) is 0 Å². The number of rotatable bonds is 7. The van der Waals surface area contributed by atoms with Crippen LogP contribution in [0.15, 0.2) is 5.18 Å². The molecule has 0 heterocycles. The van der Waals surface area contributed by atoms with Crippen molar-refractivity contribution in [2.45, 2.75) is 78.0 Å². The summed E-state index contributed by atoms with van der Waals surface area (Å²) in [5, 5.41) is 3.11. The Kier molecular flexibility index (Phi) is 5.43. The Balaban J connectivity index is 4.13. The summed E-state index contributed by atoms with van der Waals surface area (Å²) in [4.78, 5) is 10.5. The highest BCUT2D eigenvalue weighted by atomic mass is 16.5. The molecular weight excluding hydrogens is 190 g/mol. The van der Waals surface area contributed by atoms with Crippen LogP contribution >= 0.6 is 0 Å². The minimum atomic E-state index is -0.526. The molecule has 0 spiro atoms. The minimum Gasteiger partial charge on any atom is -0.373 e. The van der Waals surface area contributed by atoms with Gasteiger partial charge in [-0.15, -0.1) is 0 Å². The van der Waals surface area contributed by atoms with Crippen molar-refractivity contribution in [1.29, 1.82) is 0 Å². The minimum absolute atomic E-state index is 0.0687. The van der Waals surface area contributed by atoms with Gasteiger partial charge < -0.3 is 4.74 Å². The third-order valence-electron chi connectivity index (χ3n) is 2.41. The molecule has 0 saturated carbocycles.